The Bertz CT molecular complexity index is 630. The second-order valence-electron chi connectivity index (χ2n) is 5.29. The zero-order valence-electron chi connectivity index (χ0n) is 14.1. The molecule has 1 atom stereocenters. The lowest BCUT2D eigenvalue weighted by molar-refractivity contribution is 0.199. The summed E-state index contributed by atoms with van der Waals surface area (Å²) < 4.78 is 21.0. The summed E-state index contributed by atoms with van der Waals surface area (Å²) in [5.41, 5.74) is 0. The van der Waals surface area contributed by atoms with Crippen molar-refractivity contribution in [1.29, 1.82) is 0 Å². The van der Waals surface area contributed by atoms with Gasteiger partial charge in [-0.05, 0) is 18.6 Å². The van der Waals surface area contributed by atoms with E-state index in [2.05, 4.69) is 20.6 Å². The molecule has 0 spiro atoms. The van der Waals surface area contributed by atoms with Crippen molar-refractivity contribution in [3.8, 4) is 5.75 Å². The van der Waals surface area contributed by atoms with E-state index in [-0.39, 0.29) is 11.9 Å². The highest BCUT2D eigenvalue weighted by Crippen LogP contribution is 2.14. The Kier molecular flexibility index (Phi) is 7.07. The van der Waals surface area contributed by atoms with Crippen molar-refractivity contribution >= 4 is 5.96 Å². The molecule has 0 saturated heterocycles. The Morgan fingerprint density at radius 2 is 2.29 bits per heavy atom. The smallest absolute Gasteiger partial charge is 0.191 e. The van der Waals surface area contributed by atoms with E-state index in [9.17, 15) is 4.39 Å². The largest absolute Gasteiger partial charge is 0.489 e. The van der Waals surface area contributed by atoms with Gasteiger partial charge in [-0.1, -0.05) is 13.0 Å². The number of hydrogen-bond donors (Lipinski definition) is 2. The van der Waals surface area contributed by atoms with Gasteiger partial charge in [-0.15, -0.1) is 0 Å². The Morgan fingerprint density at radius 1 is 1.42 bits per heavy atom. The lowest BCUT2D eigenvalue weighted by atomic mass is 10.2. The summed E-state index contributed by atoms with van der Waals surface area (Å²) in [6, 6.07) is 6.18. The van der Waals surface area contributed by atoms with Crippen LogP contribution in [-0.2, 0) is 6.54 Å². The van der Waals surface area contributed by atoms with Crippen molar-refractivity contribution in [3.63, 3.8) is 0 Å². The average molecular weight is 333 g/mol. The number of rotatable bonds is 8. The number of aliphatic imine (C=N–C) groups is 1. The zero-order valence-corrected chi connectivity index (χ0v) is 14.1. The number of hydrogen-bond acceptors (Lipinski definition) is 3. The molecule has 24 heavy (non-hydrogen) atoms. The minimum atomic E-state index is -0.299. The predicted octanol–water partition coefficient (Wildman–Crippen LogP) is 2.04. The number of nitrogens with one attached hydrogen (secondary N) is 2. The van der Waals surface area contributed by atoms with Crippen molar-refractivity contribution in [2.45, 2.75) is 26.0 Å². The van der Waals surface area contributed by atoms with Crippen molar-refractivity contribution in [3.05, 3.63) is 48.8 Å². The number of halogens is 1. The van der Waals surface area contributed by atoms with Crippen LogP contribution >= 0.6 is 0 Å². The number of ether oxygens (including phenoxy) is 1. The molecule has 0 amide bonds. The van der Waals surface area contributed by atoms with E-state index in [0.717, 1.165) is 19.5 Å². The van der Waals surface area contributed by atoms with Crippen molar-refractivity contribution in [1.82, 2.24) is 20.2 Å². The first-order chi connectivity index (χ1) is 11.7. The predicted molar refractivity (Wildman–Crippen MR) is 92.7 cm³/mol. The van der Waals surface area contributed by atoms with Crippen LogP contribution in [-0.4, -0.2) is 41.8 Å². The Hall–Kier alpha value is -2.57. The topological polar surface area (TPSA) is 63.5 Å². The second kappa shape index (κ2) is 9.54. The summed E-state index contributed by atoms with van der Waals surface area (Å²) in [6.07, 6.45) is 6.17. The molecule has 0 aliphatic rings. The summed E-state index contributed by atoms with van der Waals surface area (Å²) in [5, 5.41) is 6.47. The van der Waals surface area contributed by atoms with Crippen molar-refractivity contribution in [2.75, 3.05) is 20.1 Å². The molecule has 6 nitrogen and oxygen atoms in total. The molecule has 7 heteroatoms. The maximum Gasteiger partial charge on any atom is 0.191 e. The molecular formula is C17H24FN5O. The monoisotopic (exact) mass is 333 g/mol. The van der Waals surface area contributed by atoms with E-state index in [1.54, 1.807) is 31.7 Å². The van der Waals surface area contributed by atoms with E-state index in [1.807, 2.05) is 17.7 Å². The van der Waals surface area contributed by atoms with Gasteiger partial charge in [-0.2, -0.15) is 0 Å². The molecule has 0 fully saturated rings. The molecule has 2 rings (SSSR count). The Morgan fingerprint density at radius 3 is 2.96 bits per heavy atom. The highest BCUT2D eigenvalue weighted by Gasteiger charge is 2.09. The molecule has 1 heterocycles. The molecule has 0 saturated carbocycles. The molecule has 0 aliphatic carbocycles. The summed E-state index contributed by atoms with van der Waals surface area (Å²) in [6.45, 7) is 4.15. The fourth-order valence-corrected chi connectivity index (χ4v) is 2.16. The number of imidazole rings is 1. The van der Waals surface area contributed by atoms with E-state index in [0.29, 0.717) is 18.3 Å². The number of guanidine groups is 1. The quantitative estimate of drug-likeness (QED) is 0.573. The molecule has 1 aromatic heterocycles. The first-order valence-corrected chi connectivity index (χ1v) is 8.03. The van der Waals surface area contributed by atoms with Crippen molar-refractivity contribution in [2.24, 2.45) is 4.99 Å². The van der Waals surface area contributed by atoms with Gasteiger partial charge in [0.15, 0.2) is 5.96 Å². The SMILES string of the molecule is CCC(CNC(=NC)NCCn1ccnc1)Oc1cccc(F)c1. The van der Waals surface area contributed by atoms with Crippen LogP contribution in [0.2, 0.25) is 0 Å². The van der Waals surface area contributed by atoms with Crippen LogP contribution in [0.5, 0.6) is 5.75 Å². The van der Waals surface area contributed by atoms with E-state index in [4.69, 9.17) is 4.74 Å². The minimum Gasteiger partial charge on any atom is -0.489 e. The second-order valence-corrected chi connectivity index (χ2v) is 5.29. The minimum absolute atomic E-state index is 0.0704. The van der Waals surface area contributed by atoms with Crippen molar-refractivity contribution < 1.29 is 9.13 Å². The lowest BCUT2D eigenvalue weighted by Gasteiger charge is -2.20. The zero-order chi connectivity index (χ0) is 17.2. The highest BCUT2D eigenvalue weighted by molar-refractivity contribution is 5.79. The number of aromatic nitrogens is 2. The van der Waals surface area contributed by atoms with Crippen LogP contribution in [0.25, 0.3) is 0 Å². The summed E-state index contributed by atoms with van der Waals surface area (Å²) in [7, 11) is 1.72. The van der Waals surface area contributed by atoms with E-state index in [1.165, 1.54) is 12.1 Å². The third kappa shape index (κ3) is 5.91. The molecule has 0 radical (unpaired) electrons. The van der Waals surface area contributed by atoms with Gasteiger partial charge in [0, 0.05) is 38.6 Å². The van der Waals surface area contributed by atoms with Gasteiger partial charge in [0.05, 0.1) is 12.9 Å². The number of benzene rings is 1. The molecule has 1 unspecified atom stereocenters. The summed E-state index contributed by atoms with van der Waals surface area (Å²) in [4.78, 5) is 8.19. The van der Waals surface area contributed by atoms with Gasteiger partial charge >= 0.3 is 0 Å². The normalized spacial score (nSPS) is 12.7. The molecule has 0 bridgehead atoms. The fraction of sp³-hybridized carbons (Fsp3) is 0.412. The lowest BCUT2D eigenvalue weighted by Crippen LogP contribution is -2.43. The Labute approximate surface area is 141 Å². The van der Waals surface area contributed by atoms with Crippen LogP contribution in [0.3, 0.4) is 0 Å². The summed E-state index contributed by atoms with van der Waals surface area (Å²) in [5.74, 6) is 0.940. The van der Waals surface area contributed by atoms with Gasteiger partial charge in [0.1, 0.15) is 17.7 Å². The molecule has 2 N–H and O–H groups in total. The standard InChI is InChI=1S/C17H24FN5O/c1-3-15(24-16-6-4-5-14(18)11-16)12-22-17(19-2)21-8-10-23-9-7-20-13-23/h4-7,9,11,13,15H,3,8,10,12H2,1-2H3,(H2,19,21,22). The molecular weight excluding hydrogens is 309 g/mol. The van der Waals surface area contributed by atoms with Crippen LogP contribution in [0.1, 0.15) is 13.3 Å². The molecule has 2 aromatic rings. The van der Waals surface area contributed by atoms with Gasteiger partial charge in [0.2, 0.25) is 0 Å². The third-order valence-electron chi connectivity index (χ3n) is 3.50. The van der Waals surface area contributed by atoms with Crippen LogP contribution in [0.4, 0.5) is 4.39 Å². The van der Waals surface area contributed by atoms with Gasteiger partial charge in [-0.25, -0.2) is 9.37 Å². The molecule has 0 aliphatic heterocycles. The third-order valence-corrected chi connectivity index (χ3v) is 3.50. The molecule has 1 aromatic carbocycles. The van der Waals surface area contributed by atoms with Crippen LogP contribution in [0.15, 0.2) is 48.0 Å². The Balaban J connectivity index is 1.75. The highest BCUT2D eigenvalue weighted by atomic mass is 19.1. The first-order valence-electron chi connectivity index (χ1n) is 8.03. The van der Waals surface area contributed by atoms with E-state index < -0.39 is 0 Å². The first kappa shape index (κ1) is 17.8. The van der Waals surface area contributed by atoms with Gasteiger partial charge < -0.3 is 19.9 Å². The van der Waals surface area contributed by atoms with Crippen LogP contribution in [0, 0.1) is 5.82 Å². The van der Waals surface area contributed by atoms with Crippen LogP contribution < -0.4 is 15.4 Å². The van der Waals surface area contributed by atoms with Gasteiger partial charge in [0.25, 0.3) is 0 Å². The fourth-order valence-electron chi connectivity index (χ4n) is 2.16. The average Bonchev–Trinajstić information content (AvgIpc) is 3.10. The van der Waals surface area contributed by atoms with Gasteiger partial charge in [-0.3, -0.25) is 4.99 Å². The maximum atomic E-state index is 13.2. The summed E-state index contributed by atoms with van der Waals surface area (Å²) >= 11 is 0. The maximum absolute atomic E-state index is 13.2. The number of nitrogens with zero attached hydrogens (tertiary/aromatic N) is 3. The van der Waals surface area contributed by atoms with E-state index >= 15 is 0 Å². The molecule has 130 valence electrons.